The normalized spacial score (nSPS) is 16.4. The minimum Gasteiger partial charge on any atom is -0.311 e. The first-order valence-electron chi connectivity index (χ1n) is 10.2. The zero-order valence-electron chi connectivity index (χ0n) is 17.2. The summed E-state index contributed by atoms with van der Waals surface area (Å²) in [5.41, 5.74) is 5.37. The smallest absolute Gasteiger partial charge is 0.272 e. The van der Waals surface area contributed by atoms with Gasteiger partial charge in [0.1, 0.15) is 5.82 Å². The van der Waals surface area contributed by atoms with Gasteiger partial charge < -0.3 is 4.90 Å². The van der Waals surface area contributed by atoms with Crippen molar-refractivity contribution in [2.75, 3.05) is 11.4 Å². The molecule has 6 nitrogen and oxygen atoms in total. The highest BCUT2D eigenvalue weighted by atomic mass is 19.1. The van der Waals surface area contributed by atoms with Gasteiger partial charge in [0.05, 0.1) is 11.4 Å². The summed E-state index contributed by atoms with van der Waals surface area (Å²) in [7, 11) is 0. The Kier molecular flexibility index (Phi) is 4.46. The molecule has 7 heteroatoms. The molecule has 1 fully saturated rings. The topological polar surface area (TPSA) is 70.5 Å². The van der Waals surface area contributed by atoms with E-state index in [-0.39, 0.29) is 23.2 Å². The van der Waals surface area contributed by atoms with Gasteiger partial charge in [-0.15, -0.1) is 0 Å². The number of halogens is 1. The van der Waals surface area contributed by atoms with Crippen molar-refractivity contribution in [3.8, 4) is 11.3 Å². The van der Waals surface area contributed by atoms with E-state index >= 15 is 0 Å². The first-order chi connectivity index (χ1) is 14.9. The third-order valence-electron chi connectivity index (χ3n) is 6.04. The van der Waals surface area contributed by atoms with Crippen LogP contribution in [0.15, 0.2) is 59.4 Å². The van der Waals surface area contributed by atoms with Crippen molar-refractivity contribution < 1.29 is 9.18 Å². The van der Waals surface area contributed by atoms with Gasteiger partial charge in [0.2, 0.25) is 5.91 Å². The van der Waals surface area contributed by atoms with Gasteiger partial charge in [-0.05, 0) is 60.9 Å². The number of nitrogens with zero attached hydrogens (tertiary/aromatic N) is 3. The second-order valence-electron chi connectivity index (χ2n) is 8.01. The minimum absolute atomic E-state index is 0.0294. The van der Waals surface area contributed by atoms with Crippen molar-refractivity contribution in [2.24, 2.45) is 0 Å². The van der Waals surface area contributed by atoms with Gasteiger partial charge in [0.25, 0.3) is 5.56 Å². The fraction of sp³-hybridized carbons (Fsp3) is 0.208. The van der Waals surface area contributed by atoms with Crippen LogP contribution in [0.4, 0.5) is 10.1 Å². The number of aromatic nitrogens is 3. The highest BCUT2D eigenvalue weighted by molar-refractivity contribution is 5.97. The Morgan fingerprint density at radius 2 is 1.84 bits per heavy atom. The summed E-state index contributed by atoms with van der Waals surface area (Å²) in [4.78, 5) is 31.9. The second kappa shape index (κ2) is 7.19. The first-order valence-corrected chi connectivity index (χ1v) is 10.2. The number of hydrogen-bond acceptors (Lipinski definition) is 3. The van der Waals surface area contributed by atoms with Gasteiger partial charge in [-0.25, -0.2) is 13.9 Å². The van der Waals surface area contributed by atoms with Gasteiger partial charge >= 0.3 is 0 Å². The molecule has 5 rings (SSSR count). The number of amides is 1. The second-order valence-corrected chi connectivity index (χ2v) is 8.01. The molecule has 2 aromatic carbocycles. The maximum atomic E-state index is 13.2. The van der Waals surface area contributed by atoms with E-state index in [0.717, 1.165) is 22.4 Å². The number of carbonyl (C=O) groups excluding carboxylic acids is 1. The Morgan fingerprint density at radius 3 is 2.61 bits per heavy atom. The van der Waals surface area contributed by atoms with Crippen molar-refractivity contribution in [1.29, 1.82) is 0 Å². The van der Waals surface area contributed by atoms with E-state index in [9.17, 15) is 14.0 Å². The summed E-state index contributed by atoms with van der Waals surface area (Å²) in [6, 6.07) is 15.2. The summed E-state index contributed by atoms with van der Waals surface area (Å²) in [5, 5.41) is 3.02. The van der Waals surface area contributed by atoms with Crippen molar-refractivity contribution in [2.45, 2.75) is 26.2 Å². The third kappa shape index (κ3) is 3.32. The Labute approximate surface area is 178 Å². The highest BCUT2D eigenvalue weighted by Gasteiger charge is 2.33. The molecule has 0 radical (unpaired) electrons. The lowest BCUT2D eigenvalue weighted by atomic mass is 10.0. The molecule has 0 aliphatic carbocycles. The third-order valence-corrected chi connectivity index (χ3v) is 6.04. The Hall–Kier alpha value is -3.74. The lowest BCUT2D eigenvalue weighted by Crippen LogP contribution is -2.25. The fourth-order valence-electron chi connectivity index (χ4n) is 4.16. The quantitative estimate of drug-likeness (QED) is 0.550. The number of H-pyrrole nitrogens is 1. The number of rotatable bonds is 3. The number of carbonyl (C=O) groups is 1. The van der Waals surface area contributed by atoms with Crippen molar-refractivity contribution >= 4 is 17.2 Å². The Bertz CT molecular complexity index is 1370. The summed E-state index contributed by atoms with van der Waals surface area (Å²) in [5.74, 6) is -0.451. The lowest BCUT2D eigenvalue weighted by molar-refractivity contribution is -0.117. The average Bonchev–Trinajstić information content (AvgIpc) is 3.35. The standard InChI is InChI=1S/C24H21FN4O2/c1-14-4-3-5-21(15(14)2)28-13-17(10-23(28)30)19-12-24(31)29-22(26-19)11-20(27-29)16-6-8-18(25)9-7-16/h3-9,11-12,17,27H,10,13H2,1-2H3. The zero-order valence-corrected chi connectivity index (χ0v) is 17.2. The number of hydrogen-bond donors (Lipinski definition) is 1. The van der Waals surface area contributed by atoms with Crippen molar-refractivity contribution in [3.63, 3.8) is 0 Å². The number of aromatic amines is 1. The number of nitrogens with one attached hydrogen (secondary N) is 1. The van der Waals surface area contributed by atoms with Crippen LogP contribution in [0.1, 0.15) is 29.2 Å². The van der Waals surface area contributed by atoms with Gasteiger partial charge in [0, 0.05) is 36.7 Å². The van der Waals surface area contributed by atoms with Gasteiger partial charge in [-0.2, -0.15) is 0 Å². The molecule has 0 spiro atoms. The molecule has 2 aromatic heterocycles. The molecule has 1 amide bonds. The molecule has 1 atom stereocenters. The minimum atomic E-state index is -0.322. The predicted molar refractivity (Wildman–Crippen MR) is 117 cm³/mol. The predicted octanol–water partition coefficient (Wildman–Crippen LogP) is 3.97. The SMILES string of the molecule is Cc1cccc(N2CC(c3cc(=O)n4[nH]c(-c5ccc(F)cc5)cc4n3)CC2=O)c1C. The lowest BCUT2D eigenvalue weighted by Gasteiger charge is -2.20. The molecule has 0 bridgehead atoms. The van der Waals surface area contributed by atoms with Gasteiger partial charge in [0.15, 0.2) is 5.65 Å². The monoisotopic (exact) mass is 416 g/mol. The van der Waals surface area contributed by atoms with Gasteiger partial charge in [-0.3, -0.25) is 14.7 Å². The van der Waals surface area contributed by atoms with E-state index in [2.05, 4.69) is 10.1 Å². The number of anilines is 1. The Morgan fingerprint density at radius 1 is 1.06 bits per heavy atom. The molecular formula is C24H21FN4O2. The molecular weight excluding hydrogens is 395 g/mol. The van der Waals surface area contributed by atoms with E-state index in [1.165, 1.54) is 22.7 Å². The van der Waals surface area contributed by atoms with Crippen LogP contribution in [0.25, 0.3) is 16.9 Å². The number of benzene rings is 2. The zero-order chi connectivity index (χ0) is 21.7. The summed E-state index contributed by atoms with van der Waals surface area (Å²) in [6.07, 6.45) is 0.311. The van der Waals surface area contributed by atoms with Crippen LogP contribution < -0.4 is 10.5 Å². The molecule has 1 unspecified atom stereocenters. The van der Waals surface area contributed by atoms with Crippen LogP contribution >= 0.6 is 0 Å². The molecule has 156 valence electrons. The van der Waals surface area contributed by atoms with Gasteiger partial charge in [-0.1, -0.05) is 12.1 Å². The van der Waals surface area contributed by atoms with E-state index < -0.39 is 0 Å². The van der Waals surface area contributed by atoms with Crippen LogP contribution in [0.3, 0.4) is 0 Å². The largest absolute Gasteiger partial charge is 0.311 e. The summed E-state index contributed by atoms with van der Waals surface area (Å²) >= 11 is 0. The molecule has 4 aromatic rings. The average molecular weight is 416 g/mol. The van der Waals surface area contributed by atoms with Crippen LogP contribution in [0, 0.1) is 19.7 Å². The van der Waals surface area contributed by atoms with Crippen LogP contribution in [0.2, 0.25) is 0 Å². The Balaban J connectivity index is 1.49. The summed E-state index contributed by atoms with van der Waals surface area (Å²) in [6.45, 7) is 4.53. The molecule has 3 heterocycles. The molecule has 1 aliphatic rings. The van der Waals surface area contributed by atoms with Crippen molar-refractivity contribution in [1.82, 2.24) is 14.6 Å². The first kappa shape index (κ1) is 19.2. The fourth-order valence-corrected chi connectivity index (χ4v) is 4.16. The van der Waals surface area contributed by atoms with Crippen LogP contribution in [-0.2, 0) is 4.79 Å². The van der Waals surface area contributed by atoms with E-state index in [4.69, 9.17) is 0 Å². The molecule has 1 N–H and O–H groups in total. The summed E-state index contributed by atoms with van der Waals surface area (Å²) < 4.78 is 14.6. The maximum absolute atomic E-state index is 13.2. The van der Waals surface area contributed by atoms with E-state index in [0.29, 0.717) is 30.0 Å². The van der Waals surface area contributed by atoms with E-state index in [1.807, 2.05) is 32.0 Å². The molecule has 31 heavy (non-hydrogen) atoms. The molecule has 1 saturated heterocycles. The highest BCUT2D eigenvalue weighted by Crippen LogP contribution is 2.33. The maximum Gasteiger partial charge on any atom is 0.272 e. The van der Waals surface area contributed by atoms with Crippen LogP contribution in [-0.4, -0.2) is 27.0 Å². The van der Waals surface area contributed by atoms with Crippen molar-refractivity contribution in [3.05, 3.63) is 87.6 Å². The van der Waals surface area contributed by atoms with Crippen LogP contribution in [0.5, 0.6) is 0 Å². The number of aryl methyl sites for hydroxylation is 1. The number of fused-ring (bicyclic) bond motifs is 1. The van der Waals surface area contributed by atoms with E-state index in [1.54, 1.807) is 23.1 Å². The molecule has 1 aliphatic heterocycles. The molecule has 0 saturated carbocycles.